The molecule has 2 rings (SSSR count). The van der Waals surface area contributed by atoms with Crippen LogP contribution in [0.2, 0.25) is 0 Å². The van der Waals surface area contributed by atoms with Crippen molar-refractivity contribution >= 4 is 0 Å². The Labute approximate surface area is 71.3 Å². The van der Waals surface area contributed by atoms with Crippen molar-refractivity contribution in [3.63, 3.8) is 0 Å². The van der Waals surface area contributed by atoms with E-state index in [-0.39, 0.29) is 0 Å². The smallest absolute Gasteiger partial charge is 0.169 e. The largest absolute Gasteiger partial charge is 0.472 e. The van der Waals surface area contributed by atoms with E-state index < -0.39 is 5.79 Å². The maximum absolute atomic E-state index is 5.45. The van der Waals surface area contributed by atoms with Crippen LogP contribution in [0.15, 0.2) is 23.0 Å². The molecule has 0 spiro atoms. The van der Waals surface area contributed by atoms with Crippen molar-refractivity contribution in [3.05, 3.63) is 24.2 Å². The van der Waals surface area contributed by atoms with Crippen molar-refractivity contribution in [2.45, 2.75) is 19.1 Å². The fourth-order valence-electron chi connectivity index (χ4n) is 1.42. The summed E-state index contributed by atoms with van der Waals surface area (Å²) in [6.07, 6.45) is 4.13. The van der Waals surface area contributed by atoms with Crippen molar-refractivity contribution in [1.82, 2.24) is 0 Å². The number of rotatable bonds is 2. The van der Waals surface area contributed by atoms with E-state index >= 15 is 0 Å². The molecule has 0 amide bonds. The Bertz CT molecular complexity index is 234. The van der Waals surface area contributed by atoms with E-state index in [1.165, 1.54) is 0 Å². The fourth-order valence-corrected chi connectivity index (χ4v) is 1.42. The second-order valence-electron chi connectivity index (χ2n) is 3.14. The minimum absolute atomic E-state index is 0.441. The average Bonchev–Trinajstić information content (AvgIpc) is 2.62. The molecule has 12 heavy (non-hydrogen) atoms. The van der Waals surface area contributed by atoms with Crippen LogP contribution >= 0.6 is 0 Å². The second-order valence-corrected chi connectivity index (χ2v) is 3.14. The van der Waals surface area contributed by atoms with Crippen LogP contribution in [0.1, 0.15) is 12.5 Å². The molecule has 2 heterocycles. The molecular weight excluding hydrogens is 156 g/mol. The van der Waals surface area contributed by atoms with Crippen LogP contribution in [-0.4, -0.2) is 19.0 Å². The minimum atomic E-state index is -0.441. The van der Waals surface area contributed by atoms with Crippen molar-refractivity contribution in [1.29, 1.82) is 0 Å². The molecule has 0 aliphatic carbocycles. The molecule has 1 aromatic rings. The van der Waals surface area contributed by atoms with E-state index in [9.17, 15) is 0 Å². The first-order valence-corrected chi connectivity index (χ1v) is 4.07. The zero-order chi connectivity index (χ0) is 8.44. The Morgan fingerprint density at radius 2 is 2.17 bits per heavy atom. The van der Waals surface area contributed by atoms with Gasteiger partial charge in [-0.15, -0.1) is 0 Å². The monoisotopic (exact) mass is 168 g/mol. The summed E-state index contributed by atoms with van der Waals surface area (Å²) in [6, 6.07) is 1.93. The quantitative estimate of drug-likeness (QED) is 0.672. The molecule has 1 fully saturated rings. The molecule has 1 aliphatic rings. The molecule has 0 unspecified atom stereocenters. The van der Waals surface area contributed by atoms with Gasteiger partial charge in [-0.05, 0) is 18.6 Å². The number of hydrogen-bond acceptors (Lipinski definition) is 3. The normalized spacial score (nSPS) is 21.4. The van der Waals surface area contributed by atoms with Gasteiger partial charge in [0, 0.05) is 6.42 Å². The van der Waals surface area contributed by atoms with E-state index in [0.29, 0.717) is 13.2 Å². The third-order valence-corrected chi connectivity index (χ3v) is 2.00. The third kappa shape index (κ3) is 1.52. The van der Waals surface area contributed by atoms with Crippen LogP contribution in [-0.2, 0) is 15.9 Å². The summed E-state index contributed by atoms with van der Waals surface area (Å²) in [6.45, 7) is 3.33. The Hall–Kier alpha value is -0.800. The van der Waals surface area contributed by atoms with Gasteiger partial charge in [-0.1, -0.05) is 0 Å². The molecule has 0 atom stereocenters. The number of ether oxygens (including phenoxy) is 2. The van der Waals surface area contributed by atoms with Gasteiger partial charge >= 0.3 is 0 Å². The van der Waals surface area contributed by atoms with Gasteiger partial charge < -0.3 is 13.9 Å². The highest BCUT2D eigenvalue weighted by Gasteiger charge is 2.31. The van der Waals surface area contributed by atoms with Gasteiger partial charge in [0.1, 0.15) is 0 Å². The highest BCUT2D eigenvalue weighted by Crippen LogP contribution is 2.23. The van der Waals surface area contributed by atoms with Crippen LogP contribution in [0.3, 0.4) is 0 Å². The molecule has 3 nitrogen and oxygen atoms in total. The number of furan rings is 1. The predicted octanol–water partition coefficient (Wildman–Crippen LogP) is 1.59. The minimum Gasteiger partial charge on any atom is -0.472 e. The predicted molar refractivity (Wildman–Crippen MR) is 42.7 cm³/mol. The van der Waals surface area contributed by atoms with Crippen LogP contribution in [0.4, 0.5) is 0 Å². The van der Waals surface area contributed by atoms with Gasteiger partial charge in [0.2, 0.25) is 0 Å². The summed E-state index contributed by atoms with van der Waals surface area (Å²) < 4.78 is 15.9. The zero-order valence-corrected chi connectivity index (χ0v) is 7.08. The molecule has 1 aliphatic heterocycles. The average molecular weight is 168 g/mol. The number of hydrogen-bond donors (Lipinski definition) is 0. The fraction of sp³-hybridized carbons (Fsp3) is 0.556. The van der Waals surface area contributed by atoms with Gasteiger partial charge in [-0.3, -0.25) is 0 Å². The highest BCUT2D eigenvalue weighted by atomic mass is 16.7. The molecule has 0 bridgehead atoms. The zero-order valence-electron chi connectivity index (χ0n) is 7.08. The van der Waals surface area contributed by atoms with E-state index in [1.54, 1.807) is 12.5 Å². The lowest BCUT2D eigenvalue weighted by molar-refractivity contribution is -0.140. The van der Waals surface area contributed by atoms with Crippen molar-refractivity contribution in [2.24, 2.45) is 0 Å². The van der Waals surface area contributed by atoms with Gasteiger partial charge in [0.25, 0.3) is 0 Å². The summed E-state index contributed by atoms with van der Waals surface area (Å²) >= 11 is 0. The molecule has 1 saturated heterocycles. The van der Waals surface area contributed by atoms with Crippen LogP contribution < -0.4 is 0 Å². The van der Waals surface area contributed by atoms with E-state index in [1.807, 2.05) is 13.0 Å². The Balaban J connectivity index is 2.02. The van der Waals surface area contributed by atoms with Crippen LogP contribution in [0.25, 0.3) is 0 Å². The lowest BCUT2D eigenvalue weighted by atomic mass is 10.1. The molecule has 0 radical (unpaired) electrons. The lowest BCUT2D eigenvalue weighted by Gasteiger charge is -2.20. The van der Waals surface area contributed by atoms with Gasteiger partial charge in [-0.25, -0.2) is 0 Å². The maximum atomic E-state index is 5.45. The first kappa shape index (κ1) is 7.83. The molecule has 0 N–H and O–H groups in total. The Kier molecular flexibility index (Phi) is 1.90. The summed E-state index contributed by atoms with van der Waals surface area (Å²) in [5.41, 5.74) is 1.11. The SMILES string of the molecule is CC1(Cc2ccoc2)OCCO1. The van der Waals surface area contributed by atoms with Crippen LogP contribution in [0.5, 0.6) is 0 Å². The third-order valence-electron chi connectivity index (χ3n) is 2.00. The van der Waals surface area contributed by atoms with Crippen molar-refractivity contribution < 1.29 is 13.9 Å². The molecular formula is C9H12O3. The summed E-state index contributed by atoms with van der Waals surface area (Å²) in [4.78, 5) is 0. The standard InChI is InChI=1S/C9H12O3/c1-9(11-4-5-12-9)6-8-2-3-10-7-8/h2-3,7H,4-6H2,1H3. The van der Waals surface area contributed by atoms with Gasteiger partial charge in [0.05, 0.1) is 25.7 Å². The molecule has 3 heteroatoms. The molecule has 1 aromatic heterocycles. The topological polar surface area (TPSA) is 31.6 Å². The molecule has 0 saturated carbocycles. The lowest BCUT2D eigenvalue weighted by Crippen LogP contribution is -2.28. The van der Waals surface area contributed by atoms with Crippen LogP contribution in [0, 0.1) is 0 Å². The Morgan fingerprint density at radius 1 is 1.42 bits per heavy atom. The highest BCUT2D eigenvalue weighted by molar-refractivity contribution is 5.07. The van der Waals surface area contributed by atoms with E-state index in [2.05, 4.69) is 0 Å². The summed E-state index contributed by atoms with van der Waals surface area (Å²) in [5, 5.41) is 0. The van der Waals surface area contributed by atoms with Crippen molar-refractivity contribution in [3.8, 4) is 0 Å². The Morgan fingerprint density at radius 3 is 2.75 bits per heavy atom. The first-order chi connectivity index (χ1) is 5.79. The summed E-state index contributed by atoms with van der Waals surface area (Å²) in [5.74, 6) is -0.441. The van der Waals surface area contributed by atoms with Crippen molar-refractivity contribution in [2.75, 3.05) is 13.2 Å². The molecule has 0 aromatic carbocycles. The molecule has 66 valence electrons. The maximum Gasteiger partial charge on any atom is 0.169 e. The summed E-state index contributed by atoms with van der Waals surface area (Å²) in [7, 11) is 0. The second kappa shape index (κ2) is 2.92. The van der Waals surface area contributed by atoms with Gasteiger partial charge in [0.15, 0.2) is 5.79 Å². The van der Waals surface area contributed by atoms with Gasteiger partial charge in [-0.2, -0.15) is 0 Å². The van der Waals surface area contributed by atoms with E-state index in [4.69, 9.17) is 13.9 Å². The van der Waals surface area contributed by atoms with E-state index in [0.717, 1.165) is 12.0 Å². The first-order valence-electron chi connectivity index (χ1n) is 4.07.